The van der Waals surface area contributed by atoms with Crippen molar-refractivity contribution in [1.29, 1.82) is 0 Å². The van der Waals surface area contributed by atoms with E-state index in [2.05, 4.69) is 210 Å². The quantitative estimate of drug-likeness (QED) is 0.172. The van der Waals surface area contributed by atoms with Gasteiger partial charge in [0.2, 0.25) is 0 Å². The highest BCUT2D eigenvalue weighted by atomic mass is 16.3. The summed E-state index contributed by atoms with van der Waals surface area (Å²) < 4.78 is 9.25. The third-order valence-corrected chi connectivity index (χ3v) is 10.9. The smallest absolute Gasteiger partial charge is 0.160 e. The summed E-state index contributed by atoms with van der Waals surface area (Å²) in [6.07, 6.45) is 0. The van der Waals surface area contributed by atoms with E-state index >= 15 is 0 Å². The van der Waals surface area contributed by atoms with E-state index in [0.717, 1.165) is 72.1 Å². The minimum Gasteiger partial charge on any atom is -0.454 e. The zero-order valence-corrected chi connectivity index (χ0v) is 29.9. The fourth-order valence-electron chi connectivity index (χ4n) is 8.39. The summed E-state index contributed by atoms with van der Waals surface area (Å²) in [6.45, 7) is 0. The number of benzene rings is 9. The van der Waals surface area contributed by atoms with Crippen LogP contribution < -0.4 is 4.90 Å². The van der Waals surface area contributed by atoms with Crippen molar-refractivity contribution in [2.24, 2.45) is 0 Å². The Labute approximate surface area is 318 Å². The minimum atomic E-state index is 0.862. The van der Waals surface area contributed by atoms with Crippen LogP contribution in [0.4, 0.5) is 17.1 Å². The van der Waals surface area contributed by atoms with E-state index in [0.29, 0.717) is 0 Å². The van der Waals surface area contributed by atoms with Crippen molar-refractivity contribution in [3.63, 3.8) is 0 Å². The average Bonchev–Trinajstić information content (AvgIpc) is 3.80. The van der Waals surface area contributed by atoms with Crippen LogP contribution in [0.2, 0.25) is 0 Å². The van der Waals surface area contributed by atoms with Crippen LogP contribution >= 0.6 is 0 Å². The molecule has 0 aliphatic rings. The van der Waals surface area contributed by atoms with Crippen LogP contribution in [0.25, 0.3) is 82.5 Å². The number of para-hydroxylation sites is 3. The van der Waals surface area contributed by atoms with Crippen LogP contribution in [0.3, 0.4) is 0 Å². The Hall–Kier alpha value is -7.36. The summed E-state index contributed by atoms with van der Waals surface area (Å²) in [6, 6.07) is 73.9. The second-order valence-electron chi connectivity index (χ2n) is 14.1. The normalized spacial score (nSPS) is 11.6. The van der Waals surface area contributed by atoms with E-state index in [4.69, 9.17) is 4.42 Å². The van der Waals surface area contributed by atoms with E-state index in [9.17, 15) is 0 Å². The Morgan fingerprint density at radius 2 is 0.964 bits per heavy atom. The SMILES string of the molecule is c1ccc(-c2ccc(-c3cccc(N(c4ccc5c6ccccc6n(-c6ccccc6)c5c4)c4c5ccccc5cc5c4oc4ccccc45)c3)cc2)cc1. The highest BCUT2D eigenvalue weighted by molar-refractivity contribution is 6.20. The third kappa shape index (κ3) is 5.13. The molecule has 3 nitrogen and oxygen atoms in total. The fraction of sp³-hybridized carbons (Fsp3) is 0. The largest absolute Gasteiger partial charge is 0.454 e. The van der Waals surface area contributed by atoms with Gasteiger partial charge in [0.15, 0.2) is 5.58 Å². The molecule has 0 saturated heterocycles. The van der Waals surface area contributed by atoms with Crippen molar-refractivity contribution in [2.45, 2.75) is 0 Å². The topological polar surface area (TPSA) is 21.3 Å². The molecule has 0 bridgehead atoms. The number of nitrogens with zero attached hydrogens (tertiary/aromatic N) is 2. The number of aromatic nitrogens is 1. The minimum absolute atomic E-state index is 0.862. The molecule has 0 unspecified atom stereocenters. The van der Waals surface area contributed by atoms with Gasteiger partial charge in [0.05, 0.1) is 16.7 Å². The monoisotopic (exact) mass is 702 g/mol. The number of hydrogen-bond donors (Lipinski definition) is 0. The highest BCUT2D eigenvalue weighted by Crippen LogP contribution is 2.48. The molecule has 0 atom stereocenters. The molecule has 3 heteroatoms. The Morgan fingerprint density at radius 1 is 0.364 bits per heavy atom. The van der Waals surface area contributed by atoms with Crippen LogP contribution in [0.5, 0.6) is 0 Å². The van der Waals surface area contributed by atoms with Gasteiger partial charge in [-0.25, -0.2) is 0 Å². The summed E-state index contributed by atoms with van der Waals surface area (Å²) in [5.74, 6) is 0. The Bertz CT molecular complexity index is 3190. The van der Waals surface area contributed by atoms with Crippen molar-refractivity contribution >= 4 is 71.6 Å². The van der Waals surface area contributed by atoms with E-state index in [1.54, 1.807) is 0 Å². The standard InChI is InChI=1S/C52H34N2O/c1-3-14-35(15-4-1)36-26-28-37(29-27-36)38-17-13-20-41(32-38)53(51-43-21-8-7-16-39(43)33-47-46-23-10-12-25-50(46)55-52(47)51)42-30-31-45-44-22-9-11-24-48(44)54(49(45)34-42)40-18-5-2-6-19-40/h1-34H. The lowest BCUT2D eigenvalue weighted by Gasteiger charge is -2.28. The predicted octanol–water partition coefficient (Wildman–Crippen LogP) is 14.6. The molecule has 0 aliphatic heterocycles. The van der Waals surface area contributed by atoms with E-state index in [1.165, 1.54) is 27.4 Å². The van der Waals surface area contributed by atoms with E-state index < -0.39 is 0 Å². The molecule has 0 amide bonds. The van der Waals surface area contributed by atoms with Crippen molar-refractivity contribution in [3.05, 3.63) is 206 Å². The number of furan rings is 1. The zero-order chi connectivity index (χ0) is 36.3. The van der Waals surface area contributed by atoms with Gasteiger partial charge < -0.3 is 13.9 Å². The van der Waals surface area contributed by atoms with Crippen LogP contribution in [0.15, 0.2) is 211 Å². The fourth-order valence-corrected chi connectivity index (χ4v) is 8.39. The first-order valence-corrected chi connectivity index (χ1v) is 18.8. The number of anilines is 3. The van der Waals surface area contributed by atoms with Crippen LogP contribution in [0, 0.1) is 0 Å². The molecular formula is C52H34N2O. The number of fused-ring (bicyclic) bond motifs is 7. The Balaban J connectivity index is 1.19. The molecule has 0 N–H and O–H groups in total. The van der Waals surface area contributed by atoms with Crippen LogP contribution in [-0.4, -0.2) is 4.57 Å². The van der Waals surface area contributed by atoms with Gasteiger partial charge >= 0.3 is 0 Å². The second kappa shape index (κ2) is 12.6. The maximum atomic E-state index is 6.87. The maximum Gasteiger partial charge on any atom is 0.160 e. The van der Waals surface area contributed by atoms with Gasteiger partial charge in [-0.3, -0.25) is 0 Å². The van der Waals surface area contributed by atoms with Gasteiger partial charge in [0.1, 0.15) is 5.58 Å². The number of rotatable bonds is 6. The first kappa shape index (κ1) is 31.2. The first-order valence-electron chi connectivity index (χ1n) is 18.8. The lowest BCUT2D eigenvalue weighted by atomic mass is 9.99. The van der Waals surface area contributed by atoms with Crippen molar-refractivity contribution < 1.29 is 4.42 Å². The van der Waals surface area contributed by atoms with Crippen LogP contribution in [0.1, 0.15) is 0 Å². The number of hydrogen-bond acceptors (Lipinski definition) is 2. The molecule has 2 heterocycles. The molecule has 9 aromatic carbocycles. The highest BCUT2D eigenvalue weighted by Gasteiger charge is 2.24. The van der Waals surface area contributed by atoms with E-state index in [-0.39, 0.29) is 0 Å². The van der Waals surface area contributed by atoms with Gasteiger partial charge in [-0.2, -0.15) is 0 Å². The van der Waals surface area contributed by atoms with Crippen molar-refractivity contribution in [1.82, 2.24) is 4.57 Å². The average molecular weight is 703 g/mol. The lowest BCUT2D eigenvalue weighted by Crippen LogP contribution is -2.11. The lowest BCUT2D eigenvalue weighted by molar-refractivity contribution is 0.669. The summed E-state index contributed by atoms with van der Waals surface area (Å²) in [7, 11) is 0. The molecule has 0 radical (unpaired) electrons. The third-order valence-electron chi connectivity index (χ3n) is 10.9. The molecular weight excluding hydrogens is 669 g/mol. The summed E-state index contributed by atoms with van der Waals surface area (Å²) in [5, 5.41) is 6.93. The first-order chi connectivity index (χ1) is 27.3. The van der Waals surface area contributed by atoms with E-state index in [1.807, 2.05) is 6.07 Å². The zero-order valence-electron chi connectivity index (χ0n) is 29.9. The van der Waals surface area contributed by atoms with Crippen LogP contribution in [-0.2, 0) is 0 Å². The molecule has 11 aromatic rings. The van der Waals surface area contributed by atoms with Gasteiger partial charge in [-0.05, 0) is 82.2 Å². The Kier molecular flexibility index (Phi) is 7.17. The van der Waals surface area contributed by atoms with Gasteiger partial charge in [-0.15, -0.1) is 0 Å². The summed E-state index contributed by atoms with van der Waals surface area (Å²) >= 11 is 0. The molecule has 11 rings (SSSR count). The van der Waals surface area contributed by atoms with Crippen molar-refractivity contribution in [2.75, 3.05) is 4.90 Å². The molecule has 2 aromatic heterocycles. The van der Waals surface area contributed by atoms with Gasteiger partial charge in [0, 0.05) is 44.0 Å². The van der Waals surface area contributed by atoms with Gasteiger partial charge in [0.25, 0.3) is 0 Å². The summed E-state index contributed by atoms with van der Waals surface area (Å²) in [5.41, 5.74) is 13.0. The second-order valence-corrected chi connectivity index (χ2v) is 14.1. The molecule has 0 saturated carbocycles. The van der Waals surface area contributed by atoms with Gasteiger partial charge in [-0.1, -0.05) is 152 Å². The Morgan fingerprint density at radius 3 is 1.78 bits per heavy atom. The predicted molar refractivity (Wildman–Crippen MR) is 231 cm³/mol. The molecule has 258 valence electrons. The molecule has 0 aliphatic carbocycles. The van der Waals surface area contributed by atoms with Crippen molar-refractivity contribution in [3.8, 4) is 27.9 Å². The molecule has 0 fully saturated rings. The maximum absolute atomic E-state index is 6.87. The molecule has 0 spiro atoms. The summed E-state index contributed by atoms with van der Waals surface area (Å²) in [4.78, 5) is 2.40. The molecule has 55 heavy (non-hydrogen) atoms.